The summed E-state index contributed by atoms with van der Waals surface area (Å²) >= 11 is -1.66. The van der Waals surface area contributed by atoms with Crippen molar-refractivity contribution >= 4 is 19.2 Å². The fraction of sp³-hybridized carbons (Fsp3) is 0.889. The maximum absolute atomic E-state index is 10.4. The summed E-state index contributed by atoms with van der Waals surface area (Å²) in [5.74, 6) is -0.625. The molecule has 0 rings (SSSR count). The van der Waals surface area contributed by atoms with E-state index in [4.69, 9.17) is 5.11 Å². The van der Waals surface area contributed by atoms with Crippen molar-refractivity contribution in [2.75, 3.05) is 0 Å². The van der Waals surface area contributed by atoms with E-state index in [1.54, 1.807) is 0 Å². The summed E-state index contributed by atoms with van der Waals surface area (Å²) in [6, 6.07) is 0. The molecule has 72 valence electrons. The van der Waals surface area contributed by atoms with E-state index in [1.165, 1.54) is 15.8 Å². The minimum atomic E-state index is -1.66. The van der Waals surface area contributed by atoms with Gasteiger partial charge in [-0.2, -0.15) is 0 Å². The van der Waals surface area contributed by atoms with Crippen LogP contribution in [-0.4, -0.2) is 24.3 Å². The number of hydrogen-bond acceptors (Lipinski definition) is 1. The van der Waals surface area contributed by atoms with Gasteiger partial charge in [-0.05, 0) is 0 Å². The Kier molecular flexibility index (Phi) is 5.63. The van der Waals surface area contributed by atoms with Crippen molar-refractivity contribution in [3.05, 3.63) is 0 Å². The average Bonchev–Trinajstić information content (AvgIpc) is 2.08. The van der Waals surface area contributed by atoms with Crippen molar-refractivity contribution in [1.29, 1.82) is 0 Å². The zero-order chi connectivity index (χ0) is 9.61. The van der Waals surface area contributed by atoms with Crippen LogP contribution in [0.2, 0.25) is 21.0 Å². The SMILES string of the molecule is C[CH2][Ge]([CH2]C)([CH2]C)[CH2]CC(=O)O. The molecule has 0 aliphatic heterocycles. The molecule has 0 radical (unpaired) electrons. The first-order chi connectivity index (χ1) is 5.60. The molecular weight excluding hydrogens is 213 g/mol. The molecule has 0 unspecified atom stereocenters. The zero-order valence-corrected chi connectivity index (χ0v) is 10.5. The average molecular weight is 233 g/mol. The molecule has 0 aromatic carbocycles. The Bertz CT molecular complexity index is 133. The Morgan fingerprint density at radius 3 is 1.83 bits per heavy atom. The first-order valence-electron chi connectivity index (χ1n) is 4.82. The van der Waals surface area contributed by atoms with Crippen LogP contribution in [0.5, 0.6) is 0 Å². The molecule has 0 aromatic rings. The Morgan fingerprint density at radius 2 is 1.58 bits per heavy atom. The predicted octanol–water partition coefficient (Wildman–Crippen LogP) is 2.97. The zero-order valence-electron chi connectivity index (χ0n) is 8.39. The molecule has 3 heteroatoms. The Labute approximate surface area is 77.7 Å². The molecule has 1 N–H and O–H groups in total. The first-order valence-corrected chi connectivity index (χ1v) is 10.8. The van der Waals surface area contributed by atoms with Crippen LogP contribution in [0.1, 0.15) is 27.2 Å². The van der Waals surface area contributed by atoms with Gasteiger partial charge in [0, 0.05) is 0 Å². The van der Waals surface area contributed by atoms with E-state index in [2.05, 4.69) is 20.8 Å². The number of carboxylic acids is 1. The van der Waals surface area contributed by atoms with Crippen molar-refractivity contribution in [2.45, 2.75) is 48.2 Å². The summed E-state index contributed by atoms with van der Waals surface area (Å²) in [5.41, 5.74) is 0. The van der Waals surface area contributed by atoms with Gasteiger partial charge in [-0.1, -0.05) is 0 Å². The van der Waals surface area contributed by atoms with Gasteiger partial charge < -0.3 is 0 Å². The predicted molar refractivity (Wildman–Crippen MR) is 54.3 cm³/mol. The maximum atomic E-state index is 10.4. The van der Waals surface area contributed by atoms with Crippen molar-refractivity contribution in [1.82, 2.24) is 0 Å². The van der Waals surface area contributed by atoms with E-state index in [0.717, 1.165) is 5.25 Å². The molecule has 0 aliphatic rings. The fourth-order valence-corrected chi connectivity index (χ4v) is 8.59. The van der Waals surface area contributed by atoms with Crippen molar-refractivity contribution in [3.63, 3.8) is 0 Å². The first kappa shape index (κ1) is 12.0. The van der Waals surface area contributed by atoms with E-state index < -0.39 is 19.2 Å². The van der Waals surface area contributed by atoms with Gasteiger partial charge in [0.1, 0.15) is 0 Å². The van der Waals surface area contributed by atoms with Crippen molar-refractivity contribution in [2.24, 2.45) is 0 Å². The molecule has 0 saturated carbocycles. The third-order valence-corrected chi connectivity index (χ3v) is 15.3. The van der Waals surface area contributed by atoms with E-state index in [9.17, 15) is 4.79 Å². The standard InChI is InChI=1S/C9H20GeO2/c1-4-10(5-2,6-3)8-7-9(11)12/h4-8H2,1-3H3,(H,11,12). The van der Waals surface area contributed by atoms with E-state index >= 15 is 0 Å². The molecule has 2 nitrogen and oxygen atoms in total. The summed E-state index contributed by atoms with van der Waals surface area (Å²) < 4.78 is 0. The quantitative estimate of drug-likeness (QED) is 0.715. The third-order valence-electron chi connectivity index (χ3n) is 3.12. The van der Waals surface area contributed by atoms with E-state index in [0.29, 0.717) is 6.42 Å². The van der Waals surface area contributed by atoms with Crippen molar-refractivity contribution < 1.29 is 9.90 Å². The van der Waals surface area contributed by atoms with Gasteiger partial charge in [-0.3, -0.25) is 0 Å². The molecule has 0 saturated heterocycles. The Hall–Kier alpha value is 0.0129. The normalized spacial score (nSPS) is 11.6. The van der Waals surface area contributed by atoms with Gasteiger partial charge in [0.25, 0.3) is 0 Å². The molecule has 0 aliphatic carbocycles. The van der Waals surface area contributed by atoms with Crippen LogP contribution < -0.4 is 0 Å². The van der Waals surface area contributed by atoms with Crippen LogP contribution >= 0.6 is 0 Å². The molecular formula is C9H20GeO2. The van der Waals surface area contributed by atoms with E-state index in [1.807, 2.05) is 0 Å². The Balaban J connectivity index is 4.01. The van der Waals surface area contributed by atoms with Crippen LogP contribution in [0, 0.1) is 0 Å². The second kappa shape index (κ2) is 5.62. The number of aliphatic carboxylic acids is 1. The molecule has 0 fully saturated rings. The van der Waals surface area contributed by atoms with Gasteiger partial charge in [0.15, 0.2) is 0 Å². The fourth-order valence-electron chi connectivity index (χ4n) is 1.65. The number of carboxylic acid groups (broad SMARTS) is 1. The summed E-state index contributed by atoms with van der Waals surface area (Å²) in [4.78, 5) is 10.4. The van der Waals surface area contributed by atoms with Gasteiger partial charge >= 0.3 is 77.3 Å². The molecule has 0 heterocycles. The van der Waals surface area contributed by atoms with Gasteiger partial charge in [0.05, 0.1) is 0 Å². The Morgan fingerprint density at radius 1 is 1.17 bits per heavy atom. The summed E-state index contributed by atoms with van der Waals surface area (Å²) in [6.07, 6.45) is 0.398. The molecule has 0 bridgehead atoms. The second-order valence-electron chi connectivity index (χ2n) is 3.45. The van der Waals surface area contributed by atoms with Crippen LogP contribution in [0.3, 0.4) is 0 Å². The molecule has 12 heavy (non-hydrogen) atoms. The monoisotopic (exact) mass is 234 g/mol. The van der Waals surface area contributed by atoms with Crippen LogP contribution in [0.15, 0.2) is 0 Å². The van der Waals surface area contributed by atoms with Crippen molar-refractivity contribution in [3.8, 4) is 0 Å². The second-order valence-corrected chi connectivity index (χ2v) is 15.2. The van der Waals surface area contributed by atoms with E-state index in [-0.39, 0.29) is 0 Å². The minimum absolute atomic E-state index is 0.398. The molecule has 0 aromatic heterocycles. The van der Waals surface area contributed by atoms with Gasteiger partial charge in [-0.15, -0.1) is 0 Å². The van der Waals surface area contributed by atoms with Gasteiger partial charge in [-0.25, -0.2) is 0 Å². The topological polar surface area (TPSA) is 37.3 Å². The number of carbonyl (C=O) groups is 1. The van der Waals surface area contributed by atoms with Crippen LogP contribution in [0.4, 0.5) is 0 Å². The number of hydrogen-bond donors (Lipinski definition) is 1. The van der Waals surface area contributed by atoms with Crippen LogP contribution in [-0.2, 0) is 4.79 Å². The van der Waals surface area contributed by atoms with Gasteiger partial charge in [0.2, 0.25) is 0 Å². The summed E-state index contributed by atoms with van der Waals surface area (Å²) in [5, 5.41) is 13.4. The van der Waals surface area contributed by atoms with Crippen LogP contribution in [0.25, 0.3) is 0 Å². The number of rotatable bonds is 6. The third kappa shape index (κ3) is 3.61. The molecule has 0 amide bonds. The molecule has 0 atom stereocenters. The summed E-state index contributed by atoms with van der Waals surface area (Å²) in [6.45, 7) is 6.69. The summed E-state index contributed by atoms with van der Waals surface area (Å²) in [7, 11) is 0. The molecule has 0 spiro atoms.